The van der Waals surface area contributed by atoms with Crippen LogP contribution >= 0.6 is 0 Å². The van der Waals surface area contributed by atoms with Crippen LogP contribution in [0.5, 0.6) is 5.75 Å². The molecule has 9 heteroatoms. The third-order valence-electron chi connectivity index (χ3n) is 4.08. The summed E-state index contributed by atoms with van der Waals surface area (Å²) in [6.07, 6.45) is 3.27. The first-order valence-electron chi connectivity index (χ1n) is 9.01. The number of urea groups is 1. The number of hydrogen-bond donors (Lipinski definition) is 2. The Labute approximate surface area is 163 Å². The Kier molecular flexibility index (Phi) is 6.74. The first kappa shape index (κ1) is 19.6. The minimum Gasteiger partial charge on any atom is -0.484 e. The maximum absolute atomic E-state index is 12.1. The first-order valence-corrected chi connectivity index (χ1v) is 9.01. The van der Waals surface area contributed by atoms with Gasteiger partial charge in [-0.15, -0.1) is 0 Å². The Bertz CT molecular complexity index is 806. The predicted octanol–water partition coefficient (Wildman–Crippen LogP) is 1.34. The van der Waals surface area contributed by atoms with Gasteiger partial charge < -0.3 is 25.0 Å². The highest BCUT2D eigenvalue weighted by atomic mass is 16.5. The molecule has 0 bridgehead atoms. The molecular weight excluding hydrogens is 362 g/mol. The molecule has 0 aliphatic carbocycles. The predicted molar refractivity (Wildman–Crippen MR) is 102 cm³/mol. The van der Waals surface area contributed by atoms with Gasteiger partial charge in [0.1, 0.15) is 5.75 Å². The largest absolute Gasteiger partial charge is 0.484 e. The Hall–Kier alpha value is -3.20. The summed E-state index contributed by atoms with van der Waals surface area (Å²) >= 11 is 0. The van der Waals surface area contributed by atoms with Gasteiger partial charge in [0.05, 0.1) is 37.3 Å². The van der Waals surface area contributed by atoms with Gasteiger partial charge in [-0.2, -0.15) is 0 Å². The lowest BCUT2D eigenvalue weighted by Gasteiger charge is -2.26. The number of benzene rings is 1. The lowest BCUT2D eigenvalue weighted by Crippen LogP contribution is -2.42. The molecule has 1 fully saturated rings. The zero-order valence-corrected chi connectivity index (χ0v) is 15.7. The van der Waals surface area contributed by atoms with E-state index >= 15 is 0 Å². The van der Waals surface area contributed by atoms with Gasteiger partial charge in [0.25, 0.3) is 5.91 Å². The second-order valence-corrected chi connectivity index (χ2v) is 6.27. The summed E-state index contributed by atoms with van der Waals surface area (Å²) in [5.41, 5.74) is 2.04. The number of carbonyl (C=O) groups excluding carboxylic acids is 2. The fourth-order valence-corrected chi connectivity index (χ4v) is 2.57. The highest BCUT2D eigenvalue weighted by Gasteiger charge is 2.17. The van der Waals surface area contributed by atoms with Crippen LogP contribution in [0.4, 0.5) is 10.5 Å². The van der Waals surface area contributed by atoms with E-state index in [1.165, 1.54) is 0 Å². The van der Waals surface area contributed by atoms with E-state index in [2.05, 4.69) is 20.6 Å². The molecular formula is C19H23N5O4. The third kappa shape index (κ3) is 5.92. The number of aromatic nitrogens is 2. The number of rotatable bonds is 6. The van der Waals surface area contributed by atoms with Gasteiger partial charge in [-0.25, -0.2) is 4.79 Å². The lowest BCUT2D eigenvalue weighted by molar-refractivity contribution is -0.137. The van der Waals surface area contributed by atoms with Crippen LogP contribution in [0.15, 0.2) is 36.7 Å². The lowest BCUT2D eigenvalue weighted by atomic mass is 10.3. The van der Waals surface area contributed by atoms with E-state index in [0.29, 0.717) is 43.4 Å². The number of hydrogen-bond acceptors (Lipinski definition) is 6. The zero-order valence-electron chi connectivity index (χ0n) is 15.7. The van der Waals surface area contributed by atoms with Crippen LogP contribution in [-0.4, -0.2) is 59.7 Å². The standard InChI is InChI=1S/C19H23N5O4/c1-14-10-21-16(11-20-14)12-22-19(26)23-15-3-2-4-17(9-15)28-13-18(25)24-5-7-27-8-6-24/h2-4,9-11H,5-8,12-13H2,1H3,(H2,22,23,26). The molecule has 1 aromatic heterocycles. The van der Waals surface area contributed by atoms with Gasteiger partial charge in [0.2, 0.25) is 0 Å². The van der Waals surface area contributed by atoms with E-state index < -0.39 is 0 Å². The maximum atomic E-state index is 12.1. The van der Waals surface area contributed by atoms with Crippen molar-refractivity contribution in [3.63, 3.8) is 0 Å². The summed E-state index contributed by atoms with van der Waals surface area (Å²) in [5, 5.41) is 5.44. The minimum atomic E-state index is -0.371. The number of amides is 3. The molecule has 2 N–H and O–H groups in total. The second kappa shape index (κ2) is 9.65. The molecule has 1 aliphatic heterocycles. The molecule has 0 radical (unpaired) electrons. The highest BCUT2D eigenvalue weighted by Crippen LogP contribution is 2.17. The number of aryl methyl sites for hydroxylation is 1. The van der Waals surface area contributed by atoms with Crippen molar-refractivity contribution in [2.45, 2.75) is 13.5 Å². The first-order chi connectivity index (χ1) is 13.6. The van der Waals surface area contributed by atoms with Crippen LogP contribution in [-0.2, 0) is 16.1 Å². The monoisotopic (exact) mass is 385 g/mol. The van der Waals surface area contributed by atoms with E-state index in [4.69, 9.17) is 9.47 Å². The molecule has 1 aromatic carbocycles. The summed E-state index contributed by atoms with van der Waals surface area (Å²) in [4.78, 5) is 34.2. The maximum Gasteiger partial charge on any atom is 0.319 e. The average molecular weight is 385 g/mol. The van der Waals surface area contributed by atoms with Crippen LogP contribution in [0.2, 0.25) is 0 Å². The fourth-order valence-electron chi connectivity index (χ4n) is 2.57. The average Bonchev–Trinajstić information content (AvgIpc) is 2.72. The third-order valence-corrected chi connectivity index (χ3v) is 4.08. The molecule has 2 aromatic rings. The van der Waals surface area contributed by atoms with Crippen molar-refractivity contribution in [1.82, 2.24) is 20.2 Å². The normalized spacial score (nSPS) is 13.7. The zero-order chi connectivity index (χ0) is 19.8. The molecule has 2 heterocycles. The van der Waals surface area contributed by atoms with E-state index in [9.17, 15) is 9.59 Å². The number of nitrogens with zero attached hydrogens (tertiary/aromatic N) is 3. The van der Waals surface area contributed by atoms with Crippen LogP contribution in [0.25, 0.3) is 0 Å². The quantitative estimate of drug-likeness (QED) is 0.777. The van der Waals surface area contributed by atoms with E-state index in [1.807, 2.05) is 6.92 Å². The molecule has 1 aliphatic rings. The molecule has 3 amide bonds. The number of nitrogens with one attached hydrogen (secondary N) is 2. The summed E-state index contributed by atoms with van der Waals surface area (Å²) in [7, 11) is 0. The van der Waals surface area contributed by atoms with Crippen LogP contribution in [0.1, 0.15) is 11.4 Å². The van der Waals surface area contributed by atoms with Crippen molar-refractivity contribution < 1.29 is 19.1 Å². The summed E-state index contributed by atoms with van der Waals surface area (Å²) < 4.78 is 10.8. The van der Waals surface area contributed by atoms with Crippen molar-refractivity contribution in [3.05, 3.63) is 48.0 Å². The second-order valence-electron chi connectivity index (χ2n) is 6.27. The topological polar surface area (TPSA) is 106 Å². The number of anilines is 1. The highest BCUT2D eigenvalue weighted by molar-refractivity contribution is 5.89. The van der Waals surface area contributed by atoms with Crippen molar-refractivity contribution in [2.75, 3.05) is 38.2 Å². The van der Waals surface area contributed by atoms with E-state index in [1.54, 1.807) is 41.6 Å². The number of morpholine rings is 1. The van der Waals surface area contributed by atoms with Crippen LogP contribution < -0.4 is 15.4 Å². The Morgan fingerprint density at radius 3 is 2.79 bits per heavy atom. The van der Waals surface area contributed by atoms with Crippen molar-refractivity contribution >= 4 is 17.6 Å². The van der Waals surface area contributed by atoms with Gasteiger partial charge in [-0.3, -0.25) is 14.8 Å². The number of carbonyl (C=O) groups is 2. The molecule has 0 spiro atoms. The van der Waals surface area contributed by atoms with E-state index in [-0.39, 0.29) is 25.1 Å². The fraction of sp³-hybridized carbons (Fsp3) is 0.368. The minimum absolute atomic E-state index is 0.0538. The van der Waals surface area contributed by atoms with E-state index in [0.717, 1.165) is 5.69 Å². The molecule has 0 saturated carbocycles. The Balaban J connectivity index is 1.46. The summed E-state index contributed by atoms with van der Waals surface area (Å²) in [5.74, 6) is 0.419. The molecule has 0 unspecified atom stereocenters. The molecule has 1 saturated heterocycles. The van der Waals surface area contributed by atoms with Crippen molar-refractivity contribution in [3.8, 4) is 5.75 Å². The van der Waals surface area contributed by atoms with Crippen molar-refractivity contribution in [1.29, 1.82) is 0 Å². The Morgan fingerprint density at radius 1 is 1.21 bits per heavy atom. The van der Waals surface area contributed by atoms with Gasteiger partial charge in [0, 0.05) is 31.0 Å². The summed E-state index contributed by atoms with van der Waals surface area (Å²) in [6.45, 7) is 4.32. The van der Waals surface area contributed by atoms with Crippen LogP contribution in [0, 0.1) is 6.92 Å². The van der Waals surface area contributed by atoms with Crippen molar-refractivity contribution in [2.24, 2.45) is 0 Å². The van der Waals surface area contributed by atoms with Crippen LogP contribution in [0.3, 0.4) is 0 Å². The smallest absolute Gasteiger partial charge is 0.319 e. The molecule has 28 heavy (non-hydrogen) atoms. The molecule has 0 atom stereocenters. The molecule has 148 valence electrons. The van der Waals surface area contributed by atoms with Gasteiger partial charge in [0.15, 0.2) is 6.61 Å². The molecule has 3 rings (SSSR count). The Morgan fingerprint density at radius 2 is 2.04 bits per heavy atom. The SMILES string of the molecule is Cc1cnc(CNC(=O)Nc2cccc(OCC(=O)N3CCOCC3)c2)cn1. The number of ether oxygens (including phenoxy) is 2. The molecule has 9 nitrogen and oxygen atoms in total. The van der Waals surface area contributed by atoms with Gasteiger partial charge >= 0.3 is 6.03 Å². The van der Waals surface area contributed by atoms with Gasteiger partial charge in [-0.05, 0) is 19.1 Å². The van der Waals surface area contributed by atoms with Gasteiger partial charge in [-0.1, -0.05) is 6.07 Å². The summed E-state index contributed by atoms with van der Waals surface area (Å²) in [6, 6.07) is 6.51.